The van der Waals surface area contributed by atoms with Crippen LogP contribution in [0.15, 0.2) is 69.7 Å². The number of fused-ring (bicyclic) bond motifs is 1. The van der Waals surface area contributed by atoms with Gasteiger partial charge in [0, 0.05) is 55.5 Å². The molecule has 1 saturated heterocycles. The number of amides is 1. The van der Waals surface area contributed by atoms with E-state index in [4.69, 9.17) is 21.4 Å². The minimum Gasteiger partial charge on any atom is -0.465 e. The number of carbonyl (C=O) groups is 2. The molecular formula is C28H33ClF3N5O4. The molecule has 9 nitrogen and oxygen atoms in total. The maximum Gasteiger partial charge on any atom is 0.449 e. The van der Waals surface area contributed by atoms with Gasteiger partial charge in [0.05, 0.1) is 25.3 Å². The van der Waals surface area contributed by atoms with E-state index in [1.165, 1.54) is 31.4 Å². The van der Waals surface area contributed by atoms with Crippen molar-refractivity contribution in [2.45, 2.75) is 31.6 Å². The average molecular weight is 596 g/mol. The zero-order valence-electron chi connectivity index (χ0n) is 23.0. The fourth-order valence-electron chi connectivity index (χ4n) is 4.63. The Labute approximate surface area is 241 Å². The molecule has 1 unspecified atom stereocenters. The highest BCUT2D eigenvalue weighted by atomic mass is 35.5. The van der Waals surface area contributed by atoms with Gasteiger partial charge in [-0.15, -0.1) is 0 Å². The van der Waals surface area contributed by atoms with E-state index >= 15 is 0 Å². The molecule has 41 heavy (non-hydrogen) atoms. The molecular weight excluding hydrogens is 563 g/mol. The lowest BCUT2D eigenvalue weighted by atomic mass is 10.0. The summed E-state index contributed by atoms with van der Waals surface area (Å²) < 4.78 is 45.6. The van der Waals surface area contributed by atoms with Crippen LogP contribution in [0, 0.1) is 0 Å². The lowest BCUT2D eigenvalue weighted by molar-refractivity contribution is -0.135. The monoisotopic (exact) mass is 595 g/mol. The number of carbonyl (C=O) groups excluding carboxylic acids is 2. The van der Waals surface area contributed by atoms with Crippen molar-refractivity contribution in [1.29, 1.82) is 0 Å². The molecule has 1 fully saturated rings. The van der Waals surface area contributed by atoms with Crippen molar-refractivity contribution in [2.75, 3.05) is 46.9 Å². The van der Waals surface area contributed by atoms with Crippen molar-refractivity contribution in [3.8, 4) is 0 Å². The molecule has 0 aromatic heterocycles. The van der Waals surface area contributed by atoms with Gasteiger partial charge < -0.3 is 20.1 Å². The molecule has 2 N–H and O–H groups in total. The van der Waals surface area contributed by atoms with E-state index in [1.807, 2.05) is 6.92 Å². The van der Waals surface area contributed by atoms with Gasteiger partial charge in [-0.3, -0.25) is 19.7 Å². The van der Waals surface area contributed by atoms with E-state index in [0.29, 0.717) is 48.8 Å². The molecule has 3 aliphatic rings. The number of rotatable bonds is 6. The van der Waals surface area contributed by atoms with Crippen molar-refractivity contribution in [3.63, 3.8) is 0 Å². The molecule has 1 aromatic carbocycles. The Kier molecular flexibility index (Phi) is 11.3. The number of benzene rings is 1. The molecule has 222 valence electrons. The number of aliphatic hydroxyl groups excluding tert-OH is 1. The van der Waals surface area contributed by atoms with E-state index in [1.54, 1.807) is 29.2 Å². The summed E-state index contributed by atoms with van der Waals surface area (Å²) in [7, 11) is 2.23. The Balaban J connectivity index is 0.00000226. The Bertz CT molecular complexity index is 1250. The number of alkyl halides is 3. The fraction of sp³-hybridized carbons (Fsp3) is 0.429. The van der Waals surface area contributed by atoms with Crippen molar-refractivity contribution < 1.29 is 32.6 Å². The quantitative estimate of drug-likeness (QED) is 0.488. The van der Waals surface area contributed by atoms with Crippen LogP contribution in [-0.4, -0.2) is 104 Å². The first-order valence-corrected chi connectivity index (χ1v) is 13.4. The fourth-order valence-corrected chi connectivity index (χ4v) is 4.76. The Hall–Kier alpha value is -3.48. The van der Waals surface area contributed by atoms with E-state index in [9.17, 15) is 22.8 Å². The zero-order chi connectivity index (χ0) is 30.2. The van der Waals surface area contributed by atoms with Crippen LogP contribution in [0.1, 0.15) is 23.7 Å². The molecule has 2 atom stereocenters. The molecule has 13 heteroatoms. The Morgan fingerprint density at radius 2 is 1.85 bits per heavy atom. The van der Waals surface area contributed by atoms with Crippen LogP contribution in [0.3, 0.4) is 0 Å². The summed E-state index contributed by atoms with van der Waals surface area (Å²) in [5.74, 6) is -1.82. The largest absolute Gasteiger partial charge is 0.465 e. The van der Waals surface area contributed by atoms with Crippen molar-refractivity contribution in [1.82, 2.24) is 15.1 Å². The number of nitrogens with one attached hydrogen (secondary N) is 1. The Morgan fingerprint density at radius 3 is 2.44 bits per heavy atom. The second kappa shape index (κ2) is 14.4. The minimum atomic E-state index is -4.69. The number of halogens is 4. The number of amidine groups is 2. The van der Waals surface area contributed by atoms with Crippen molar-refractivity contribution in [3.05, 3.63) is 70.3 Å². The molecule has 0 saturated carbocycles. The Morgan fingerprint density at radius 1 is 1.20 bits per heavy atom. The standard InChI is InChI=1S/C27H29ClF3N5O3.CH4O/c1-3-20(35-11-13-36(14-12-35)24(37)17-7-9-19(28)10-8-17)16-32-23-21-15-18(25(38)39-2)5-4-6-22(21)33-26(34-23)27(29,30)31;1-2/h4-10,15,20,22H,3,11-14,16H2,1-2H3,(H,32,33,34);2H,1H3/t20-,22?;/m1./s1. The van der Waals surface area contributed by atoms with Crippen molar-refractivity contribution in [2.24, 2.45) is 9.98 Å². The SMILES string of the molecule is CC[C@H](CN=C1NC(C(F)(F)F)=NC2C=CC=C(C(=O)OC)C=C12)N1CCN(C(=O)c2ccc(Cl)cc2)CC1.CO. The van der Waals surface area contributed by atoms with E-state index in [0.717, 1.165) is 7.11 Å². The molecule has 2 aliphatic heterocycles. The molecule has 0 bridgehead atoms. The van der Waals surface area contributed by atoms with Crippen LogP contribution in [0.25, 0.3) is 0 Å². The molecule has 1 amide bonds. The summed E-state index contributed by atoms with van der Waals surface area (Å²) >= 11 is 5.92. The van der Waals surface area contributed by atoms with E-state index in [-0.39, 0.29) is 29.9 Å². The van der Waals surface area contributed by atoms with Crippen LogP contribution in [-0.2, 0) is 9.53 Å². The van der Waals surface area contributed by atoms with E-state index < -0.39 is 24.0 Å². The lowest BCUT2D eigenvalue weighted by Gasteiger charge is -2.38. The summed E-state index contributed by atoms with van der Waals surface area (Å²) in [6.45, 7) is 4.46. The zero-order valence-corrected chi connectivity index (χ0v) is 23.7. The van der Waals surface area contributed by atoms with Gasteiger partial charge in [0.15, 0.2) is 0 Å². The van der Waals surface area contributed by atoms with Crippen LogP contribution in [0.2, 0.25) is 5.02 Å². The second-order valence-corrected chi connectivity index (χ2v) is 9.67. The molecule has 4 rings (SSSR count). The summed E-state index contributed by atoms with van der Waals surface area (Å²) in [4.78, 5) is 37.3. The summed E-state index contributed by atoms with van der Waals surface area (Å²) in [5.41, 5.74) is 1.10. The van der Waals surface area contributed by atoms with Crippen molar-refractivity contribution >= 4 is 35.1 Å². The predicted octanol–water partition coefficient (Wildman–Crippen LogP) is 3.41. The number of allylic oxidation sites excluding steroid dienone is 2. The second-order valence-electron chi connectivity index (χ2n) is 9.23. The molecule has 0 spiro atoms. The highest BCUT2D eigenvalue weighted by Gasteiger charge is 2.41. The van der Waals surface area contributed by atoms with Crippen LogP contribution in [0.4, 0.5) is 13.2 Å². The van der Waals surface area contributed by atoms with Gasteiger partial charge in [-0.2, -0.15) is 13.2 Å². The minimum absolute atomic E-state index is 0.0127. The maximum atomic E-state index is 13.6. The number of piperazine rings is 1. The molecule has 0 radical (unpaired) electrons. The number of methoxy groups -OCH3 is 1. The molecule has 1 aromatic rings. The van der Waals surface area contributed by atoms with Gasteiger partial charge in [0.2, 0.25) is 5.84 Å². The van der Waals surface area contributed by atoms with E-state index in [2.05, 4.69) is 20.2 Å². The first kappa shape index (κ1) is 32.0. The van der Waals surface area contributed by atoms with Crippen LogP contribution >= 0.6 is 11.6 Å². The number of hydrogen-bond acceptors (Lipinski definition) is 7. The normalized spacial score (nSPS) is 20.8. The first-order chi connectivity index (χ1) is 19.6. The summed E-state index contributed by atoms with van der Waals surface area (Å²) in [6, 6.07) is 5.74. The number of ether oxygens (including phenoxy) is 1. The maximum absolute atomic E-state index is 13.6. The van der Waals surface area contributed by atoms with Crippen LogP contribution < -0.4 is 5.32 Å². The number of aliphatic hydroxyl groups is 1. The van der Waals surface area contributed by atoms with Gasteiger partial charge in [-0.25, -0.2) is 4.79 Å². The number of esters is 1. The van der Waals surface area contributed by atoms with Gasteiger partial charge in [0.25, 0.3) is 5.91 Å². The lowest BCUT2D eigenvalue weighted by Crippen LogP contribution is -2.53. The summed E-state index contributed by atoms with van der Waals surface area (Å²) in [6.07, 6.45) is 1.91. The molecule has 2 heterocycles. The highest BCUT2D eigenvalue weighted by molar-refractivity contribution is 6.30. The number of nitrogens with zero attached hydrogens (tertiary/aromatic N) is 4. The third-order valence-electron chi connectivity index (χ3n) is 6.81. The predicted molar refractivity (Wildman–Crippen MR) is 151 cm³/mol. The molecule has 1 aliphatic carbocycles. The number of aliphatic imine (C=N–C) groups is 2. The average Bonchev–Trinajstić information content (AvgIpc) is 3.21. The smallest absolute Gasteiger partial charge is 0.449 e. The van der Waals surface area contributed by atoms with Gasteiger partial charge in [-0.1, -0.05) is 30.7 Å². The van der Waals surface area contributed by atoms with Crippen LogP contribution in [0.5, 0.6) is 0 Å². The third kappa shape index (κ3) is 8.05. The highest BCUT2D eigenvalue weighted by Crippen LogP contribution is 2.26. The topological polar surface area (TPSA) is 107 Å². The summed E-state index contributed by atoms with van der Waals surface area (Å²) in [5, 5.41) is 9.90. The van der Waals surface area contributed by atoms with Gasteiger partial charge in [-0.05, 0) is 42.8 Å². The first-order valence-electron chi connectivity index (χ1n) is 13.0. The van der Waals surface area contributed by atoms with Gasteiger partial charge >= 0.3 is 12.1 Å². The third-order valence-corrected chi connectivity index (χ3v) is 7.06. The number of hydrogen-bond donors (Lipinski definition) is 2. The van der Waals surface area contributed by atoms with Gasteiger partial charge in [0.1, 0.15) is 5.84 Å².